The SMILES string of the molecule is CC1CCN(c2nc3nccc(-c4ccc(OC(=O)c5ccccc5)cc4)c3c(=O)[nH]2)CC1. The van der Waals surface area contributed by atoms with E-state index in [4.69, 9.17) is 4.74 Å². The molecule has 0 radical (unpaired) electrons. The molecule has 33 heavy (non-hydrogen) atoms. The molecule has 2 aromatic heterocycles. The first-order valence-electron chi connectivity index (χ1n) is 11.1. The fraction of sp³-hybridized carbons (Fsp3) is 0.231. The van der Waals surface area contributed by atoms with E-state index in [0.717, 1.165) is 37.1 Å². The van der Waals surface area contributed by atoms with Crippen molar-refractivity contribution in [2.45, 2.75) is 19.8 Å². The van der Waals surface area contributed by atoms with Gasteiger partial charge in [-0.05, 0) is 60.2 Å². The number of hydrogen-bond donors (Lipinski definition) is 1. The van der Waals surface area contributed by atoms with E-state index in [-0.39, 0.29) is 5.56 Å². The van der Waals surface area contributed by atoms with Crippen LogP contribution in [0.1, 0.15) is 30.1 Å². The molecule has 0 atom stereocenters. The zero-order chi connectivity index (χ0) is 22.8. The minimum atomic E-state index is -0.419. The molecular weight excluding hydrogens is 416 g/mol. The molecule has 0 saturated carbocycles. The smallest absolute Gasteiger partial charge is 0.343 e. The van der Waals surface area contributed by atoms with Crippen molar-refractivity contribution in [1.29, 1.82) is 0 Å². The number of carbonyl (C=O) groups is 1. The van der Waals surface area contributed by atoms with Crippen LogP contribution in [0, 0.1) is 5.92 Å². The van der Waals surface area contributed by atoms with Gasteiger partial charge in [-0.1, -0.05) is 37.3 Å². The normalized spacial score (nSPS) is 14.4. The topological polar surface area (TPSA) is 88.2 Å². The average molecular weight is 441 g/mol. The third kappa shape index (κ3) is 4.35. The molecule has 0 amide bonds. The molecule has 0 aliphatic carbocycles. The van der Waals surface area contributed by atoms with Crippen LogP contribution in [0.3, 0.4) is 0 Å². The zero-order valence-electron chi connectivity index (χ0n) is 18.3. The number of aromatic amines is 1. The second kappa shape index (κ2) is 8.86. The number of pyridine rings is 1. The van der Waals surface area contributed by atoms with Gasteiger partial charge >= 0.3 is 5.97 Å². The van der Waals surface area contributed by atoms with Gasteiger partial charge in [0.1, 0.15) is 5.75 Å². The van der Waals surface area contributed by atoms with Gasteiger partial charge in [0, 0.05) is 19.3 Å². The second-order valence-corrected chi connectivity index (χ2v) is 8.40. The van der Waals surface area contributed by atoms with E-state index in [2.05, 4.69) is 26.8 Å². The van der Waals surface area contributed by atoms with Crippen LogP contribution in [-0.2, 0) is 0 Å². The first kappa shape index (κ1) is 20.9. The predicted octanol–water partition coefficient (Wildman–Crippen LogP) is 4.44. The van der Waals surface area contributed by atoms with E-state index in [9.17, 15) is 9.59 Å². The molecule has 7 heteroatoms. The van der Waals surface area contributed by atoms with Crippen LogP contribution in [0.15, 0.2) is 71.7 Å². The summed E-state index contributed by atoms with van der Waals surface area (Å²) >= 11 is 0. The highest BCUT2D eigenvalue weighted by molar-refractivity contribution is 5.93. The van der Waals surface area contributed by atoms with E-state index in [1.165, 1.54) is 0 Å². The van der Waals surface area contributed by atoms with E-state index in [1.807, 2.05) is 18.2 Å². The Hall–Kier alpha value is -4.00. The maximum absolute atomic E-state index is 13.0. The number of rotatable bonds is 4. The summed E-state index contributed by atoms with van der Waals surface area (Å²) in [4.78, 5) is 39.4. The van der Waals surface area contributed by atoms with Crippen molar-refractivity contribution in [2.24, 2.45) is 5.92 Å². The summed E-state index contributed by atoms with van der Waals surface area (Å²) in [7, 11) is 0. The number of hydrogen-bond acceptors (Lipinski definition) is 6. The Labute approximate surface area is 191 Å². The largest absolute Gasteiger partial charge is 0.423 e. The highest BCUT2D eigenvalue weighted by Gasteiger charge is 2.20. The molecule has 1 fully saturated rings. The lowest BCUT2D eigenvalue weighted by Gasteiger charge is -2.30. The summed E-state index contributed by atoms with van der Waals surface area (Å²) in [6.07, 6.45) is 3.82. The highest BCUT2D eigenvalue weighted by atomic mass is 16.5. The third-order valence-corrected chi connectivity index (χ3v) is 6.06. The number of anilines is 1. The quantitative estimate of drug-likeness (QED) is 0.373. The van der Waals surface area contributed by atoms with Crippen LogP contribution >= 0.6 is 0 Å². The number of fused-ring (bicyclic) bond motifs is 1. The minimum absolute atomic E-state index is 0.212. The van der Waals surface area contributed by atoms with Crippen molar-refractivity contribution in [1.82, 2.24) is 15.0 Å². The summed E-state index contributed by atoms with van der Waals surface area (Å²) in [5, 5.41) is 0.445. The summed E-state index contributed by atoms with van der Waals surface area (Å²) < 4.78 is 5.46. The number of nitrogens with one attached hydrogen (secondary N) is 1. The number of benzene rings is 2. The van der Waals surface area contributed by atoms with Gasteiger partial charge in [0.05, 0.1) is 10.9 Å². The number of piperidine rings is 1. The van der Waals surface area contributed by atoms with Crippen LogP contribution in [0.5, 0.6) is 5.75 Å². The molecule has 1 saturated heterocycles. The van der Waals surface area contributed by atoms with E-state index in [0.29, 0.717) is 34.2 Å². The van der Waals surface area contributed by atoms with Crippen LogP contribution < -0.4 is 15.2 Å². The van der Waals surface area contributed by atoms with Gasteiger partial charge in [0.25, 0.3) is 5.56 Å². The predicted molar refractivity (Wildman–Crippen MR) is 128 cm³/mol. The number of esters is 1. The number of H-pyrrole nitrogens is 1. The lowest BCUT2D eigenvalue weighted by molar-refractivity contribution is 0.0735. The van der Waals surface area contributed by atoms with Crippen molar-refractivity contribution in [3.05, 3.63) is 82.8 Å². The molecular formula is C26H24N4O3. The van der Waals surface area contributed by atoms with Crippen LogP contribution in [0.4, 0.5) is 5.95 Å². The molecule has 5 rings (SSSR count). The average Bonchev–Trinajstić information content (AvgIpc) is 2.85. The molecule has 3 heterocycles. The van der Waals surface area contributed by atoms with E-state index < -0.39 is 5.97 Å². The first-order chi connectivity index (χ1) is 16.1. The molecule has 0 bridgehead atoms. The molecule has 0 spiro atoms. The Morgan fingerprint density at radius 1 is 1.03 bits per heavy atom. The first-order valence-corrected chi connectivity index (χ1v) is 11.1. The molecule has 1 aliphatic heterocycles. The van der Waals surface area contributed by atoms with Crippen LogP contribution in [-0.4, -0.2) is 34.0 Å². The van der Waals surface area contributed by atoms with Crippen molar-refractivity contribution in [3.63, 3.8) is 0 Å². The second-order valence-electron chi connectivity index (χ2n) is 8.40. The van der Waals surface area contributed by atoms with Crippen LogP contribution in [0.25, 0.3) is 22.2 Å². The van der Waals surface area contributed by atoms with Gasteiger partial charge in [-0.15, -0.1) is 0 Å². The fourth-order valence-electron chi connectivity index (χ4n) is 4.11. The van der Waals surface area contributed by atoms with Gasteiger partial charge in [-0.3, -0.25) is 9.78 Å². The molecule has 4 aromatic rings. The Morgan fingerprint density at radius 3 is 2.48 bits per heavy atom. The fourth-order valence-corrected chi connectivity index (χ4v) is 4.11. The maximum atomic E-state index is 13.0. The zero-order valence-corrected chi connectivity index (χ0v) is 18.3. The lowest BCUT2D eigenvalue weighted by Crippen LogP contribution is -2.35. The molecule has 0 unspecified atom stereocenters. The van der Waals surface area contributed by atoms with Crippen molar-refractivity contribution in [3.8, 4) is 16.9 Å². The molecule has 2 aromatic carbocycles. The summed E-state index contributed by atoms with van der Waals surface area (Å²) in [5.41, 5.74) is 2.24. The summed E-state index contributed by atoms with van der Waals surface area (Å²) in [6.45, 7) is 3.99. The highest BCUT2D eigenvalue weighted by Crippen LogP contribution is 2.28. The minimum Gasteiger partial charge on any atom is -0.423 e. The third-order valence-electron chi connectivity index (χ3n) is 6.06. The van der Waals surface area contributed by atoms with Gasteiger partial charge in [0.15, 0.2) is 5.65 Å². The van der Waals surface area contributed by atoms with Crippen molar-refractivity contribution in [2.75, 3.05) is 18.0 Å². The summed E-state index contributed by atoms with van der Waals surface area (Å²) in [6, 6.07) is 17.7. The lowest BCUT2D eigenvalue weighted by atomic mass is 10.00. The maximum Gasteiger partial charge on any atom is 0.343 e. The standard InChI is InChI=1S/C26H24N4O3/c1-17-12-15-30(16-13-17)26-28-23-22(24(31)29-26)21(11-14-27-23)18-7-9-20(10-8-18)33-25(32)19-5-3-2-4-6-19/h2-11,14,17H,12-13,15-16H2,1H3,(H,27,28,29,31). The van der Waals surface area contributed by atoms with Gasteiger partial charge in [-0.25, -0.2) is 9.78 Å². The number of aromatic nitrogens is 3. The molecule has 1 aliphatic rings. The van der Waals surface area contributed by atoms with Crippen molar-refractivity contribution < 1.29 is 9.53 Å². The van der Waals surface area contributed by atoms with Crippen molar-refractivity contribution >= 4 is 23.0 Å². The Kier molecular flexibility index (Phi) is 5.60. The Bertz CT molecular complexity index is 1340. The molecule has 1 N–H and O–H groups in total. The van der Waals surface area contributed by atoms with Gasteiger partial charge in [-0.2, -0.15) is 4.98 Å². The Morgan fingerprint density at radius 2 is 1.76 bits per heavy atom. The molecule has 166 valence electrons. The van der Waals surface area contributed by atoms with Gasteiger partial charge in [0.2, 0.25) is 5.95 Å². The number of ether oxygens (including phenoxy) is 1. The number of carbonyl (C=O) groups excluding carboxylic acids is 1. The summed E-state index contributed by atoms with van der Waals surface area (Å²) in [5.74, 6) is 1.28. The number of nitrogens with zero attached hydrogens (tertiary/aromatic N) is 3. The monoisotopic (exact) mass is 440 g/mol. The Balaban J connectivity index is 1.42. The van der Waals surface area contributed by atoms with E-state index in [1.54, 1.807) is 48.7 Å². The van der Waals surface area contributed by atoms with Crippen LogP contribution in [0.2, 0.25) is 0 Å². The molecule has 7 nitrogen and oxygen atoms in total. The van der Waals surface area contributed by atoms with E-state index >= 15 is 0 Å². The van der Waals surface area contributed by atoms with Gasteiger partial charge < -0.3 is 9.64 Å².